The third-order valence-electron chi connectivity index (χ3n) is 4.70. The standard InChI is InChI=1S/C22H25NO5S/c1-4-27-22(26)19-16-7-5-6-8-17(16)29-20(19)23-18(24)12-28-21(25)15-10-13(2)9-14(3)11-15/h9-11H,4-8,12H2,1-3H3,(H,23,24). The number of carbonyl (C=O) groups is 3. The minimum Gasteiger partial charge on any atom is -0.462 e. The first-order valence-corrected chi connectivity index (χ1v) is 10.6. The molecule has 0 bridgehead atoms. The second-order valence-electron chi connectivity index (χ2n) is 7.14. The van der Waals surface area contributed by atoms with Gasteiger partial charge >= 0.3 is 11.9 Å². The van der Waals surface area contributed by atoms with Crippen LogP contribution in [0.25, 0.3) is 0 Å². The van der Waals surface area contributed by atoms with Gasteiger partial charge in [-0.25, -0.2) is 9.59 Å². The number of benzene rings is 1. The second kappa shape index (κ2) is 9.22. The molecule has 0 spiro atoms. The van der Waals surface area contributed by atoms with Crippen molar-refractivity contribution in [2.24, 2.45) is 0 Å². The molecule has 0 unspecified atom stereocenters. The molecule has 154 valence electrons. The molecule has 0 radical (unpaired) electrons. The summed E-state index contributed by atoms with van der Waals surface area (Å²) in [6.07, 6.45) is 3.77. The van der Waals surface area contributed by atoms with Crippen molar-refractivity contribution in [1.82, 2.24) is 0 Å². The van der Waals surface area contributed by atoms with Gasteiger partial charge in [0.2, 0.25) is 0 Å². The average Bonchev–Trinajstić information content (AvgIpc) is 3.03. The zero-order valence-corrected chi connectivity index (χ0v) is 17.7. The lowest BCUT2D eigenvalue weighted by molar-refractivity contribution is -0.119. The molecule has 0 fully saturated rings. The normalized spacial score (nSPS) is 12.8. The van der Waals surface area contributed by atoms with Crippen LogP contribution in [0.3, 0.4) is 0 Å². The van der Waals surface area contributed by atoms with Gasteiger partial charge in [-0.05, 0) is 64.2 Å². The number of thiophene rings is 1. The van der Waals surface area contributed by atoms with Crippen LogP contribution in [0.2, 0.25) is 0 Å². The maximum Gasteiger partial charge on any atom is 0.341 e. The van der Waals surface area contributed by atoms with E-state index in [0.717, 1.165) is 47.3 Å². The Labute approximate surface area is 174 Å². The largest absolute Gasteiger partial charge is 0.462 e. The Hall–Kier alpha value is -2.67. The summed E-state index contributed by atoms with van der Waals surface area (Å²) in [5.74, 6) is -1.45. The van der Waals surface area contributed by atoms with Gasteiger partial charge in [-0.2, -0.15) is 0 Å². The number of hydrogen-bond donors (Lipinski definition) is 1. The predicted molar refractivity (Wildman–Crippen MR) is 112 cm³/mol. The van der Waals surface area contributed by atoms with Crippen molar-refractivity contribution in [3.63, 3.8) is 0 Å². The SMILES string of the molecule is CCOC(=O)c1c(NC(=O)COC(=O)c2cc(C)cc(C)c2)sc2c1CCCC2. The second-order valence-corrected chi connectivity index (χ2v) is 8.24. The fraction of sp³-hybridized carbons (Fsp3) is 0.409. The van der Waals surface area contributed by atoms with Gasteiger partial charge in [0, 0.05) is 4.88 Å². The van der Waals surface area contributed by atoms with E-state index in [0.29, 0.717) is 16.1 Å². The molecule has 1 aromatic carbocycles. The molecule has 1 aliphatic rings. The van der Waals surface area contributed by atoms with Gasteiger partial charge in [0.1, 0.15) is 5.00 Å². The zero-order valence-electron chi connectivity index (χ0n) is 16.9. The van der Waals surface area contributed by atoms with E-state index in [4.69, 9.17) is 9.47 Å². The fourth-order valence-corrected chi connectivity index (χ4v) is 4.84. The maximum atomic E-state index is 12.4. The Kier molecular flexibility index (Phi) is 6.69. The number of aryl methyl sites for hydroxylation is 3. The third kappa shape index (κ3) is 5.03. The monoisotopic (exact) mass is 415 g/mol. The Balaban J connectivity index is 1.69. The van der Waals surface area contributed by atoms with Gasteiger partial charge in [0.15, 0.2) is 6.61 Å². The first kappa shape index (κ1) is 21.0. The lowest BCUT2D eigenvalue weighted by Gasteiger charge is -2.12. The molecule has 0 aliphatic heterocycles. The number of hydrogen-bond acceptors (Lipinski definition) is 6. The van der Waals surface area contributed by atoms with Gasteiger partial charge in [-0.15, -0.1) is 11.3 Å². The highest BCUT2D eigenvalue weighted by atomic mass is 32.1. The van der Waals surface area contributed by atoms with Crippen LogP contribution < -0.4 is 5.32 Å². The van der Waals surface area contributed by atoms with E-state index in [9.17, 15) is 14.4 Å². The summed E-state index contributed by atoms with van der Waals surface area (Å²) >= 11 is 1.41. The van der Waals surface area contributed by atoms with Gasteiger partial charge in [0.25, 0.3) is 5.91 Å². The van der Waals surface area contributed by atoms with Gasteiger partial charge in [0.05, 0.1) is 17.7 Å². The predicted octanol–water partition coefficient (Wildman–Crippen LogP) is 4.22. The highest BCUT2D eigenvalue weighted by Crippen LogP contribution is 2.38. The molecule has 6 nitrogen and oxygen atoms in total. The van der Waals surface area contributed by atoms with Crippen molar-refractivity contribution >= 4 is 34.2 Å². The zero-order chi connectivity index (χ0) is 21.0. The Bertz CT molecular complexity index is 927. The molecular weight excluding hydrogens is 390 g/mol. The van der Waals surface area contributed by atoms with Crippen LogP contribution in [0.4, 0.5) is 5.00 Å². The summed E-state index contributed by atoms with van der Waals surface area (Å²) in [4.78, 5) is 38.2. The summed E-state index contributed by atoms with van der Waals surface area (Å²) in [7, 11) is 0. The minimum absolute atomic E-state index is 0.268. The number of ether oxygens (including phenoxy) is 2. The molecule has 29 heavy (non-hydrogen) atoms. The van der Waals surface area contributed by atoms with Gasteiger partial charge in [-0.1, -0.05) is 17.2 Å². The Morgan fingerprint density at radius 3 is 2.38 bits per heavy atom. The van der Waals surface area contributed by atoms with Crippen LogP contribution in [0.5, 0.6) is 0 Å². The van der Waals surface area contributed by atoms with Crippen molar-refractivity contribution in [3.8, 4) is 0 Å². The summed E-state index contributed by atoms with van der Waals surface area (Å²) in [5, 5.41) is 3.21. The molecule has 0 saturated heterocycles. The Morgan fingerprint density at radius 2 is 1.69 bits per heavy atom. The topological polar surface area (TPSA) is 81.7 Å². The van der Waals surface area contributed by atoms with Gasteiger partial charge < -0.3 is 14.8 Å². The number of anilines is 1. The molecule has 1 aromatic heterocycles. The van der Waals surface area contributed by atoms with Crippen LogP contribution in [0.1, 0.15) is 62.0 Å². The molecule has 1 amide bonds. The van der Waals surface area contributed by atoms with Crippen molar-refractivity contribution in [2.75, 3.05) is 18.5 Å². The molecule has 0 saturated carbocycles. The van der Waals surface area contributed by atoms with E-state index < -0.39 is 24.5 Å². The molecule has 1 N–H and O–H groups in total. The third-order valence-corrected chi connectivity index (χ3v) is 5.90. The molecule has 3 rings (SSSR count). The van der Waals surface area contributed by atoms with Crippen molar-refractivity contribution < 1.29 is 23.9 Å². The van der Waals surface area contributed by atoms with Crippen molar-refractivity contribution in [1.29, 1.82) is 0 Å². The smallest absolute Gasteiger partial charge is 0.341 e. The van der Waals surface area contributed by atoms with E-state index in [1.807, 2.05) is 19.9 Å². The molecule has 0 atom stereocenters. The Morgan fingerprint density at radius 1 is 1.00 bits per heavy atom. The van der Waals surface area contributed by atoms with Gasteiger partial charge in [-0.3, -0.25) is 4.79 Å². The van der Waals surface area contributed by atoms with Crippen LogP contribution in [0.15, 0.2) is 18.2 Å². The molecule has 7 heteroatoms. The maximum absolute atomic E-state index is 12.4. The lowest BCUT2D eigenvalue weighted by atomic mass is 9.95. The molecule has 1 heterocycles. The minimum atomic E-state index is -0.553. The van der Waals surface area contributed by atoms with E-state index >= 15 is 0 Å². The van der Waals surface area contributed by atoms with E-state index in [2.05, 4.69) is 5.32 Å². The van der Waals surface area contributed by atoms with Crippen LogP contribution in [-0.2, 0) is 27.1 Å². The van der Waals surface area contributed by atoms with Crippen LogP contribution in [0, 0.1) is 13.8 Å². The van der Waals surface area contributed by atoms with Crippen LogP contribution >= 0.6 is 11.3 Å². The number of nitrogens with one attached hydrogen (secondary N) is 1. The van der Waals surface area contributed by atoms with Crippen molar-refractivity contribution in [3.05, 3.63) is 50.9 Å². The quantitative estimate of drug-likeness (QED) is 0.715. The summed E-state index contributed by atoms with van der Waals surface area (Å²) < 4.78 is 10.3. The lowest BCUT2D eigenvalue weighted by Crippen LogP contribution is -2.22. The molecule has 1 aliphatic carbocycles. The number of fused-ring (bicyclic) bond motifs is 1. The number of rotatable bonds is 6. The number of esters is 2. The number of amides is 1. The summed E-state index contributed by atoms with van der Waals surface area (Å²) in [6, 6.07) is 5.40. The molecule has 2 aromatic rings. The highest BCUT2D eigenvalue weighted by molar-refractivity contribution is 7.17. The highest BCUT2D eigenvalue weighted by Gasteiger charge is 2.27. The van der Waals surface area contributed by atoms with E-state index in [1.54, 1.807) is 19.1 Å². The van der Waals surface area contributed by atoms with Crippen LogP contribution in [-0.4, -0.2) is 31.1 Å². The summed E-state index contributed by atoms with van der Waals surface area (Å²) in [6.45, 7) is 5.39. The summed E-state index contributed by atoms with van der Waals surface area (Å²) in [5.41, 5.74) is 3.73. The van der Waals surface area contributed by atoms with E-state index in [-0.39, 0.29) is 6.61 Å². The molecular formula is C22H25NO5S. The van der Waals surface area contributed by atoms with E-state index in [1.165, 1.54) is 11.3 Å². The fourth-order valence-electron chi connectivity index (χ4n) is 3.54. The number of carbonyl (C=O) groups excluding carboxylic acids is 3. The van der Waals surface area contributed by atoms with Crippen molar-refractivity contribution in [2.45, 2.75) is 46.5 Å². The first-order valence-electron chi connectivity index (χ1n) is 9.76. The average molecular weight is 416 g/mol. The first-order chi connectivity index (χ1) is 13.9.